The van der Waals surface area contributed by atoms with Crippen molar-refractivity contribution >= 4 is 5.91 Å². The molecule has 0 radical (unpaired) electrons. The van der Waals surface area contributed by atoms with Crippen molar-refractivity contribution in [3.63, 3.8) is 0 Å². The number of carbonyl (C=O) groups excluding carboxylic acids is 1. The van der Waals surface area contributed by atoms with E-state index >= 15 is 0 Å². The Labute approximate surface area is 151 Å². The fraction of sp³-hybridized carbons (Fsp3) is 0.952. The van der Waals surface area contributed by atoms with Crippen molar-refractivity contribution in [2.45, 2.75) is 74.7 Å². The molecule has 24 heavy (non-hydrogen) atoms. The van der Waals surface area contributed by atoms with Gasteiger partial charge in [-0.2, -0.15) is 0 Å². The van der Waals surface area contributed by atoms with Gasteiger partial charge in [-0.05, 0) is 42.1 Å². The Morgan fingerprint density at radius 1 is 0.958 bits per heavy atom. The molecule has 0 aromatic heterocycles. The first-order valence-electron chi connectivity index (χ1n) is 9.93. The molecule has 0 spiro atoms. The SMILES string of the molecule is CC(C)CC(=O)N1CCN(CCC(C)(C)CC(C)(C)C(C)C)CC1. The van der Waals surface area contributed by atoms with Gasteiger partial charge in [0.15, 0.2) is 0 Å². The van der Waals surface area contributed by atoms with Gasteiger partial charge < -0.3 is 4.90 Å². The van der Waals surface area contributed by atoms with Crippen LogP contribution in [0, 0.1) is 22.7 Å². The summed E-state index contributed by atoms with van der Waals surface area (Å²) in [4.78, 5) is 16.8. The summed E-state index contributed by atoms with van der Waals surface area (Å²) >= 11 is 0. The minimum absolute atomic E-state index is 0.337. The van der Waals surface area contributed by atoms with Gasteiger partial charge in [0.1, 0.15) is 0 Å². The molecular formula is C21H42N2O. The second kappa shape index (κ2) is 8.69. The van der Waals surface area contributed by atoms with E-state index in [-0.39, 0.29) is 0 Å². The summed E-state index contributed by atoms with van der Waals surface area (Å²) in [5.74, 6) is 1.51. The highest BCUT2D eigenvalue weighted by atomic mass is 16.2. The first-order chi connectivity index (χ1) is 10.9. The second-order valence-electron chi connectivity index (χ2n) is 10.1. The minimum atomic E-state index is 0.337. The van der Waals surface area contributed by atoms with Gasteiger partial charge in [-0.3, -0.25) is 9.69 Å². The molecule has 0 bridgehead atoms. The number of hydrogen-bond donors (Lipinski definition) is 0. The fourth-order valence-corrected chi connectivity index (χ4v) is 3.69. The molecule has 1 heterocycles. The molecule has 1 rings (SSSR count). The third-order valence-corrected chi connectivity index (χ3v) is 5.91. The van der Waals surface area contributed by atoms with Gasteiger partial charge in [-0.15, -0.1) is 0 Å². The number of piperazine rings is 1. The molecule has 0 aliphatic carbocycles. The molecule has 0 aromatic rings. The first-order valence-corrected chi connectivity index (χ1v) is 9.93. The minimum Gasteiger partial charge on any atom is -0.340 e. The molecule has 142 valence electrons. The number of amides is 1. The van der Waals surface area contributed by atoms with Crippen LogP contribution in [0.2, 0.25) is 0 Å². The van der Waals surface area contributed by atoms with Crippen molar-refractivity contribution in [1.82, 2.24) is 9.80 Å². The molecule has 0 saturated carbocycles. The van der Waals surface area contributed by atoms with Crippen LogP contribution in [0.1, 0.15) is 74.7 Å². The van der Waals surface area contributed by atoms with E-state index < -0.39 is 0 Å². The quantitative estimate of drug-likeness (QED) is 0.642. The van der Waals surface area contributed by atoms with Crippen molar-refractivity contribution in [2.24, 2.45) is 22.7 Å². The molecule has 1 amide bonds. The summed E-state index contributed by atoms with van der Waals surface area (Å²) in [6.45, 7) is 23.6. The lowest BCUT2D eigenvalue weighted by atomic mass is 9.68. The van der Waals surface area contributed by atoms with E-state index in [1.54, 1.807) is 0 Å². The summed E-state index contributed by atoms with van der Waals surface area (Å²) in [5.41, 5.74) is 0.768. The number of rotatable bonds is 8. The van der Waals surface area contributed by atoms with E-state index in [4.69, 9.17) is 0 Å². The molecule has 1 saturated heterocycles. The van der Waals surface area contributed by atoms with Gasteiger partial charge in [-0.25, -0.2) is 0 Å². The Kier molecular flexibility index (Phi) is 7.77. The van der Waals surface area contributed by atoms with Gasteiger partial charge in [-0.1, -0.05) is 55.4 Å². The number of hydrogen-bond acceptors (Lipinski definition) is 2. The zero-order chi connectivity index (χ0) is 18.5. The molecule has 0 aromatic carbocycles. The van der Waals surface area contributed by atoms with E-state index in [1.165, 1.54) is 12.8 Å². The second-order valence-corrected chi connectivity index (χ2v) is 10.1. The monoisotopic (exact) mass is 338 g/mol. The summed E-state index contributed by atoms with van der Waals surface area (Å²) in [5, 5.41) is 0. The lowest BCUT2D eigenvalue weighted by Gasteiger charge is -2.40. The summed E-state index contributed by atoms with van der Waals surface area (Å²) in [6, 6.07) is 0. The molecule has 3 nitrogen and oxygen atoms in total. The first kappa shape index (κ1) is 21.5. The normalized spacial score (nSPS) is 17.8. The van der Waals surface area contributed by atoms with E-state index in [9.17, 15) is 4.79 Å². The Hall–Kier alpha value is -0.570. The summed E-state index contributed by atoms with van der Waals surface area (Å²) in [6.07, 6.45) is 3.20. The van der Waals surface area contributed by atoms with Crippen molar-refractivity contribution in [2.75, 3.05) is 32.7 Å². The molecule has 3 heteroatoms. The standard InChI is InChI=1S/C21H42N2O/c1-17(2)15-19(24)23-13-11-22(12-14-23)10-9-20(5,6)16-21(7,8)18(3)4/h17-18H,9-16H2,1-8H3. The summed E-state index contributed by atoms with van der Waals surface area (Å²) in [7, 11) is 0. The zero-order valence-electron chi connectivity index (χ0n) is 17.6. The average Bonchev–Trinajstić information content (AvgIpc) is 2.44. The smallest absolute Gasteiger partial charge is 0.222 e. The van der Waals surface area contributed by atoms with Gasteiger partial charge in [0.2, 0.25) is 5.91 Å². The van der Waals surface area contributed by atoms with Gasteiger partial charge in [0.05, 0.1) is 0 Å². The largest absolute Gasteiger partial charge is 0.340 e. The van der Waals surface area contributed by atoms with Crippen LogP contribution in [0.15, 0.2) is 0 Å². The third kappa shape index (κ3) is 7.13. The Morgan fingerprint density at radius 3 is 1.96 bits per heavy atom. The molecule has 1 fully saturated rings. The van der Waals surface area contributed by atoms with Crippen LogP contribution >= 0.6 is 0 Å². The highest BCUT2D eigenvalue weighted by molar-refractivity contribution is 5.76. The van der Waals surface area contributed by atoms with Gasteiger partial charge in [0.25, 0.3) is 0 Å². The average molecular weight is 339 g/mol. The van der Waals surface area contributed by atoms with E-state index in [2.05, 4.69) is 65.2 Å². The van der Waals surface area contributed by atoms with Gasteiger partial charge >= 0.3 is 0 Å². The van der Waals surface area contributed by atoms with Crippen LogP contribution in [0.25, 0.3) is 0 Å². The maximum Gasteiger partial charge on any atom is 0.222 e. The fourth-order valence-electron chi connectivity index (χ4n) is 3.69. The van der Waals surface area contributed by atoms with E-state index in [1.807, 2.05) is 0 Å². The molecule has 0 unspecified atom stereocenters. The molecular weight excluding hydrogens is 296 g/mol. The molecule has 1 aliphatic rings. The predicted molar refractivity (Wildman–Crippen MR) is 104 cm³/mol. The third-order valence-electron chi connectivity index (χ3n) is 5.91. The van der Waals surface area contributed by atoms with Crippen LogP contribution in [0.3, 0.4) is 0 Å². The highest BCUT2D eigenvalue weighted by Gasteiger charge is 2.31. The lowest BCUT2D eigenvalue weighted by molar-refractivity contribution is -0.133. The topological polar surface area (TPSA) is 23.6 Å². The zero-order valence-corrected chi connectivity index (χ0v) is 17.6. The molecule has 0 atom stereocenters. The van der Waals surface area contributed by atoms with Crippen LogP contribution in [-0.4, -0.2) is 48.4 Å². The highest BCUT2D eigenvalue weighted by Crippen LogP contribution is 2.40. The number of nitrogens with zero attached hydrogens (tertiary/aromatic N) is 2. The van der Waals surface area contributed by atoms with Crippen molar-refractivity contribution in [3.05, 3.63) is 0 Å². The Balaban J connectivity index is 2.38. The molecule has 0 N–H and O–H groups in total. The Bertz CT molecular complexity index is 391. The van der Waals surface area contributed by atoms with E-state index in [0.717, 1.165) is 32.7 Å². The van der Waals surface area contributed by atoms with Crippen LogP contribution in [-0.2, 0) is 4.79 Å². The lowest BCUT2D eigenvalue weighted by Crippen LogP contribution is -2.49. The van der Waals surface area contributed by atoms with Crippen LogP contribution in [0.4, 0.5) is 0 Å². The van der Waals surface area contributed by atoms with Crippen molar-refractivity contribution < 1.29 is 4.79 Å². The summed E-state index contributed by atoms with van der Waals surface area (Å²) < 4.78 is 0. The van der Waals surface area contributed by atoms with E-state index in [0.29, 0.717) is 35.0 Å². The maximum absolute atomic E-state index is 12.2. The number of carbonyl (C=O) groups is 1. The van der Waals surface area contributed by atoms with Gasteiger partial charge in [0, 0.05) is 32.6 Å². The molecule has 1 aliphatic heterocycles. The maximum atomic E-state index is 12.2. The van der Waals surface area contributed by atoms with Crippen molar-refractivity contribution in [3.8, 4) is 0 Å². The van der Waals surface area contributed by atoms with Crippen LogP contribution in [0.5, 0.6) is 0 Å². The predicted octanol–water partition coefficient (Wildman–Crippen LogP) is 4.67. The Morgan fingerprint density at radius 2 is 1.50 bits per heavy atom. The van der Waals surface area contributed by atoms with Crippen molar-refractivity contribution in [1.29, 1.82) is 0 Å². The van der Waals surface area contributed by atoms with Crippen LogP contribution < -0.4 is 0 Å².